The second-order valence-electron chi connectivity index (χ2n) is 13.4. The molecular weight excluding hydrogens is 631 g/mol. The lowest BCUT2D eigenvalue weighted by molar-refractivity contribution is -0.255. The number of nitrogens with one attached hydrogen (secondary N) is 1. The standard InChI is InChI=1S/C42H59NO5S/c1-2-3-4-5-6-7-8-9-10-11-12-13-17-23-39(46)43-37-22-18-21-36(30-37)42-47-38(32-49-29-28-44)40(34-19-15-14-16-20-34)41(48-42)35-26-24-33(31-45)25-27-35/h14-16,18-22,24-27,30,38,40-42,44-45H,2-13,17,23,28-29,31-32H2,1H3,(H,43,46)/t38-,40-,41+,42?/m1/s1. The van der Waals surface area contributed by atoms with Gasteiger partial charge >= 0.3 is 0 Å². The van der Waals surface area contributed by atoms with Crippen LogP contribution in [0.3, 0.4) is 0 Å². The van der Waals surface area contributed by atoms with Crippen molar-refractivity contribution in [3.8, 4) is 0 Å². The molecule has 1 amide bonds. The fourth-order valence-electron chi connectivity index (χ4n) is 6.71. The maximum Gasteiger partial charge on any atom is 0.224 e. The van der Waals surface area contributed by atoms with Crippen LogP contribution in [0.2, 0.25) is 0 Å². The topological polar surface area (TPSA) is 88.0 Å². The Bertz CT molecular complexity index is 1320. The summed E-state index contributed by atoms with van der Waals surface area (Å²) < 4.78 is 13.5. The van der Waals surface area contributed by atoms with Crippen LogP contribution in [0.5, 0.6) is 0 Å². The number of aliphatic hydroxyl groups is 2. The first-order chi connectivity index (χ1) is 24.1. The smallest absolute Gasteiger partial charge is 0.224 e. The minimum Gasteiger partial charge on any atom is -0.396 e. The number of hydrogen-bond acceptors (Lipinski definition) is 6. The number of anilines is 1. The summed E-state index contributed by atoms with van der Waals surface area (Å²) in [6, 6.07) is 26.0. The van der Waals surface area contributed by atoms with Gasteiger partial charge < -0.3 is 25.0 Å². The van der Waals surface area contributed by atoms with Crippen molar-refractivity contribution in [3.05, 3.63) is 101 Å². The number of rotatable bonds is 23. The molecule has 4 rings (SSSR count). The van der Waals surface area contributed by atoms with Crippen LogP contribution < -0.4 is 5.32 Å². The van der Waals surface area contributed by atoms with Crippen LogP contribution in [0, 0.1) is 0 Å². The summed E-state index contributed by atoms with van der Waals surface area (Å²) in [6.07, 6.45) is 16.1. The van der Waals surface area contributed by atoms with Crippen molar-refractivity contribution in [2.75, 3.05) is 23.4 Å². The highest BCUT2D eigenvalue weighted by Crippen LogP contribution is 2.47. The van der Waals surface area contributed by atoms with Crippen molar-refractivity contribution in [3.63, 3.8) is 0 Å². The Morgan fingerprint density at radius 3 is 1.98 bits per heavy atom. The SMILES string of the molecule is CCCCCCCCCCCCCCCC(=O)Nc1cccc(C2O[C@H](CSCCO)[C@@H](c3ccccc3)[C@H](c3ccc(CO)cc3)O2)c1. The first-order valence-electron chi connectivity index (χ1n) is 18.8. The average molecular weight is 690 g/mol. The third kappa shape index (κ3) is 13.5. The van der Waals surface area contributed by atoms with Crippen LogP contribution >= 0.6 is 11.8 Å². The van der Waals surface area contributed by atoms with Gasteiger partial charge in [-0.15, -0.1) is 0 Å². The van der Waals surface area contributed by atoms with Gasteiger partial charge in [-0.1, -0.05) is 151 Å². The molecule has 1 aliphatic heterocycles. The number of benzene rings is 3. The maximum atomic E-state index is 12.9. The second kappa shape index (κ2) is 22.9. The van der Waals surface area contributed by atoms with Crippen molar-refractivity contribution in [2.24, 2.45) is 0 Å². The summed E-state index contributed by atoms with van der Waals surface area (Å²) in [4.78, 5) is 12.9. The molecule has 0 spiro atoms. The molecule has 3 aromatic rings. The monoisotopic (exact) mass is 689 g/mol. The average Bonchev–Trinajstić information content (AvgIpc) is 3.14. The van der Waals surface area contributed by atoms with Gasteiger partial charge in [0.2, 0.25) is 5.91 Å². The maximum absolute atomic E-state index is 12.9. The number of ether oxygens (including phenoxy) is 2. The van der Waals surface area contributed by atoms with Crippen molar-refractivity contribution in [1.82, 2.24) is 0 Å². The summed E-state index contributed by atoms with van der Waals surface area (Å²) in [5, 5.41) is 22.3. The Morgan fingerprint density at radius 1 is 0.714 bits per heavy atom. The Kier molecular flexibility index (Phi) is 18.3. The number of amides is 1. The van der Waals surface area contributed by atoms with Crippen molar-refractivity contribution in [1.29, 1.82) is 0 Å². The van der Waals surface area contributed by atoms with Crippen molar-refractivity contribution in [2.45, 2.75) is 128 Å². The summed E-state index contributed by atoms with van der Waals surface area (Å²) in [5.74, 6) is 1.28. The zero-order valence-corrected chi connectivity index (χ0v) is 30.4. The largest absolute Gasteiger partial charge is 0.396 e. The molecule has 7 heteroatoms. The van der Waals surface area contributed by atoms with E-state index in [0.717, 1.165) is 40.8 Å². The summed E-state index contributed by atoms with van der Waals surface area (Å²) >= 11 is 1.67. The first-order valence-corrected chi connectivity index (χ1v) is 19.9. The number of aliphatic hydroxyl groups excluding tert-OH is 2. The van der Waals surface area contributed by atoms with E-state index in [4.69, 9.17) is 9.47 Å². The molecule has 0 saturated carbocycles. The van der Waals surface area contributed by atoms with Gasteiger partial charge in [0, 0.05) is 35.1 Å². The first kappa shape index (κ1) is 39.1. The summed E-state index contributed by atoms with van der Waals surface area (Å²) in [7, 11) is 0. The zero-order valence-electron chi connectivity index (χ0n) is 29.6. The van der Waals surface area contributed by atoms with E-state index >= 15 is 0 Å². The van der Waals surface area contributed by atoms with Crippen molar-refractivity contribution >= 4 is 23.4 Å². The fraction of sp³-hybridized carbons (Fsp3) is 0.548. The third-order valence-electron chi connectivity index (χ3n) is 9.44. The molecule has 1 heterocycles. The Hall–Kier alpha value is -2.68. The van der Waals surface area contributed by atoms with E-state index in [-0.39, 0.29) is 37.2 Å². The Labute approximate surface area is 299 Å². The highest BCUT2D eigenvalue weighted by Gasteiger charge is 2.41. The van der Waals surface area contributed by atoms with E-state index in [1.54, 1.807) is 11.8 Å². The molecule has 6 nitrogen and oxygen atoms in total. The number of hydrogen-bond donors (Lipinski definition) is 3. The molecule has 1 saturated heterocycles. The van der Waals surface area contributed by atoms with Gasteiger partial charge in [0.05, 0.1) is 25.4 Å². The predicted molar refractivity (Wildman–Crippen MR) is 203 cm³/mol. The minimum absolute atomic E-state index is 0.0159. The molecule has 1 fully saturated rings. The molecule has 0 aliphatic carbocycles. The number of unbranched alkanes of at least 4 members (excludes halogenated alkanes) is 12. The van der Waals surface area contributed by atoms with Gasteiger partial charge in [-0.2, -0.15) is 11.8 Å². The van der Waals surface area contributed by atoms with E-state index in [1.807, 2.05) is 66.7 Å². The lowest BCUT2D eigenvalue weighted by atomic mass is 9.84. The van der Waals surface area contributed by atoms with Crippen LogP contribution in [0.15, 0.2) is 78.9 Å². The number of thioether (sulfide) groups is 1. The summed E-state index contributed by atoms with van der Waals surface area (Å²) in [5.41, 5.74) is 4.57. The van der Waals surface area contributed by atoms with E-state index in [9.17, 15) is 15.0 Å². The van der Waals surface area contributed by atoms with Crippen LogP contribution in [-0.4, -0.2) is 40.3 Å². The number of carbonyl (C=O) groups is 1. The van der Waals surface area contributed by atoms with Crippen LogP contribution in [0.1, 0.15) is 137 Å². The molecule has 0 bridgehead atoms. The highest BCUT2D eigenvalue weighted by molar-refractivity contribution is 7.99. The van der Waals surface area contributed by atoms with Gasteiger partial charge in [0.25, 0.3) is 0 Å². The predicted octanol–water partition coefficient (Wildman–Crippen LogP) is 10.3. The van der Waals surface area contributed by atoms with Crippen molar-refractivity contribution < 1.29 is 24.5 Å². The van der Waals surface area contributed by atoms with Crippen LogP contribution in [-0.2, 0) is 20.9 Å². The van der Waals surface area contributed by atoms with Gasteiger partial charge in [0.15, 0.2) is 6.29 Å². The molecule has 0 aromatic heterocycles. The lowest BCUT2D eigenvalue weighted by Crippen LogP contribution is -2.38. The molecule has 49 heavy (non-hydrogen) atoms. The minimum atomic E-state index is -0.639. The molecule has 268 valence electrons. The lowest BCUT2D eigenvalue weighted by Gasteiger charge is -2.43. The van der Waals surface area contributed by atoms with E-state index < -0.39 is 6.29 Å². The van der Waals surface area contributed by atoms with Gasteiger partial charge in [-0.25, -0.2) is 0 Å². The van der Waals surface area contributed by atoms with Gasteiger partial charge in [-0.3, -0.25) is 4.79 Å². The quantitative estimate of drug-likeness (QED) is 0.0859. The third-order valence-corrected chi connectivity index (χ3v) is 10.5. The van der Waals surface area contributed by atoms with Crippen LogP contribution in [0.25, 0.3) is 0 Å². The highest BCUT2D eigenvalue weighted by atomic mass is 32.2. The van der Waals surface area contributed by atoms with Crippen LogP contribution in [0.4, 0.5) is 5.69 Å². The normalized spacial score (nSPS) is 19.2. The fourth-order valence-corrected chi connectivity index (χ4v) is 7.52. The molecule has 4 atom stereocenters. The van der Waals surface area contributed by atoms with E-state index in [1.165, 1.54) is 70.6 Å². The molecular formula is C42H59NO5S. The zero-order chi connectivity index (χ0) is 34.5. The molecule has 0 radical (unpaired) electrons. The molecule has 1 unspecified atom stereocenters. The molecule has 3 N–H and O–H groups in total. The van der Waals surface area contributed by atoms with Gasteiger partial charge in [-0.05, 0) is 35.2 Å². The van der Waals surface area contributed by atoms with E-state index in [2.05, 4.69) is 24.4 Å². The van der Waals surface area contributed by atoms with E-state index in [0.29, 0.717) is 17.9 Å². The second-order valence-corrected chi connectivity index (χ2v) is 14.5. The number of carbonyl (C=O) groups excluding carboxylic acids is 1. The molecule has 3 aromatic carbocycles. The summed E-state index contributed by atoms with van der Waals surface area (Å²) in [6.45, 7) is 2.36. The Balaban J connectivity index is 1.32. The Morgan fingerprint density at radius 2 is 1.35 bits per heavy atom. The molecule has 1 aliphatic rings. The van der Waals surface area contributed by atoms with Gasteiger partial charge in [0.1, 0.15) is 0 Å².